The fourth-order valence-corrected chi connectivity index (χ4v) is 2.84. The summed E-state index contributed by atoms with van der Waals surface area (Å²) in [5.41, 5.74) is 2.65. The Balaban J connectivity index is 2.05. The molecule has 0 saturated heterocycles. The van der Waals surface area contributed by atoms with Crippen molar-refractivity contribution in [3.63, 3.8) is 0 Å². The highest BCUT2D eigenvalue weighted by Gasteiger charge is 2.12. The number of amides is 1. The van der Waals surface area contributed by atoms with Gasteiger partial charge in [-0.15, -0.1) is 11.3 Å². The number of hydrogen-bond donors (Lipinski definition) is 1. The zero-order valence-electron chi connectivity index (χ0n) is 12.1. The summed E-state index contributed by atoms with van der Waals surface area (Å²) in [6, 6.07) is 9.55. The van der Waals surface area contributed by atoms with Crippen molar-refractivity contribution >= 4 is 17.2 Å². The van der Waals surface area contributed by atoms with Crippen LogP contribution >= 0.6 is 11.3 Å². The molecule has 0 spiro atoms. The van der Waals surface area contributed by atoms with Gasteiger partial charge in [0.25, 0.3) is 5.91 Å². The number of carbonyl (C=O) groups excluding carboxylic acids is 1. The number of aryl methyl sites for hydroxylation is 1. The third kappa shape index (κ3) is 4.19. The summed E-state index contributed by atoms with van der Waals surface area (Å²) < 4.78 is 0. The zero-order chi connectivity index (χ0) is 15.2. The van der Waals surface area contributed by atoms with E-state index < -0.39 is 0 Å². The molecule has 1 amide bonds. The van der Waals surface area contributed by atoms with Gasteiger partial charge in [-0.2, -0.15) is 0 Å². The Kier molecular flexibility index (Phi) is 5.15. The molecule has 4 heteroatoms. The summed E-state index contributed by atoms with van der Waals surface area (Å²) in [7, 11) is 1.80. The molecule has 1 aromatic heterocycles. The van der Waals surface area contributed by atoms with Gasteiger partial charge in [0.15, 0.2) is 0 Å². The van der Waals surface area contributed by atoms with Crippen LogP contribution in [0.2, 0.25) is 0 Å². The number of nitrogens with zero attached hydrogens (tertiary/aromatic N) is 1. The molecule has 0 bridgehead atoms. The summed E-state index contributed by atoms with van der Waals surface area (Å²) in [6.07, 6.45) is 0. The van der Waals surface area contributed by atoms with Crippen LogP contribution < -0.4 is 0 Å². The van der Waals surface area contributed by atoms with Crippen LogP contribution in [-0.4, -0.2) is 29.6 Å². The minimum atomic E-state index is -0.142. The minimum absolute atomic E-state index is 0.00934. The molecule has 21 heavy (non-hydrogen) atoms. The van der Waals surface area contributed by atoms with Crippen molar-refractivity contribution in [3.05, 3.63) is 57.3 Å². The SMILES string of the molecule is Cc1cccc(C(=O)N(C)Cc2cc(C#CCO)cs2)c1. The highest BCUT2D eigenvalue weighted by molar-refractivity contribution is 7.10. The van der Waals surface area contributed by atoms with E-state index in [1.165, 1.54) is 0 Å². The van der Waals surface area contributed by atoms with Gasteiger partial charge in [0.1, 0.15) is 6.61 Å². The van der Waals surface area contributed by atoms with Gasteiger partial charge in [0.2, 0.25) is 0 Å². The lowest BCUT2D eigenvalue weighted by atomic mass is 10.1. The summed E-state index contributed by atoms with van der Waals surface area (Å²) in [6.45, 7) is 2.39. The first-order valence-corrected chi connectivity index (χ1v) is 7.47. The second kappa shape index (κ2) is 7.07. The van der Waals surface area contributed by atoms with E-state index in [2.05, 4.69) is 11.8 Å². The molecule has 0 aliphatic rings. The molecule has 108 valence electrons. The highest BCUT2D eigenvalue weighted by Crippen LogP contribution is 2.17. The van der Waals surface area contributed by atoms with Gasteiger partial charge in [-0.25, -0.2) is 0 Å². The highest BCUT2D eigenvalue weighted by atomic mass is 32.1. The van der Waals surface area contributed by atoms with Gasteiger partial charge in [0.05, 0.1) is 6.54 Å². The summed E-state index contributed by atoms with van der Waals surface area (Å²) in [5.74, 6) is 5.49. The molecular weight excluding hydrogens is 282 g/mol. The van der Waals surface area contributed by atoms with Crippen LogP contribution in [0.25, 0.3) is 0 Å². The Labute approximate surface area is 128 Å². The van der Waals surface area contributed by atoms with Crippen molar-refractivity contribution < 1.29 is 9.90 Å². The quantitative estimate of drug-likeness (QED) is 0.885. The van der Waals surface area contributed by atoms with Gasteiger partial charge in [-0.05, 0) is 25.1 Å². The summed E-state index contributed by atoms with van der Waals surface area (Å²) >= 11 is 1.57. The zero-order valence-corrected chi connectivity index (χ0v) is 12.9. The lowest BCUT2D eigenvalue weighted by Crippen LogP contribution is -2.25. The molecule has 2 rings (SSSR count). The fraction of sp³-hybridized carbons (Fsp3) is 0.235. The monoisotopic (exact) mass is 299 g/mol. The van der Waals surface area contributed by atoms with Gasteiger partial charge >= 0.3 is 0 Å². The van der Waals surface area contributed by atoms with Crippen molar-refractivity contribution in [2.24, 2.45) is 0 Å². The third-order valence-electron chi connectivity index (χ3n) is 2.97. The molecule has 0 saturated carbocycles. The maximum Gasteiger partial charge on any atom is 0.253 e. The van der Waals surface area contributed by atoms with Crippen LogP contribution in [0.15, 0.2) is 35.7 Å². The molecule has 1 N–H and O–H groups in total. The van der Waals surface area contributed by atoms with Gasteiger partial charge in [0, 0.05) is 28.4 Å². The maximum absolute atomic E-state index is 12.3. The first kappa shape index (κ1) is 15.3. The number of hydrogen-bond acceptors (Lipinski definition) is 3. The van der Waals surface area contributed by atoms with E-state index in [0.717, 1.165) is 16.0 Å². The first-order valence-electron chi connectivity index (χ1n) is 6.59. The summed E-state index contributed by atoms with van der Waals surface area (Å²) in [5, 5.41) is 10.6. The molecule has 0 aliphatic carbocycles. The molecule has 3 nitrogen and oxygen atoms in total. The number of aliphatic hydroxyl groups excluding tert-OH is 1. The largest absolute Gasteiger partial charge is 0.384 e. The number of carbonyl (C=O) groups is 1. The molecule has 0 fully saturated rings. The minimum Gasteiger partial charge on any atom is -0.384 e. The number of thiophene rings is 1. The molecular formula is C17H17NO2S. The Bertz CT molecular complexity index is 694. The Morgan fingerprint density at radius 2 is 2.19 bits per heavy atom. The van der Waals surface area contributed by atoms with E-state index >= 15 is 0 Å². The molecule has 0 unspecified atom stereocenters. The van der Waals surface area contributed by atoms with Crippen LogP contribution in [0, 0.1) is 18.8 Å². The van der Waals surface area contributed by atoms with Crippen molar-refractivity contribution in [2.45, 2.75) is 13.5 Å². The fourth-order valence-electron chi connectivity index (χ4n) is 1.97. The predicted molar refractivity (Wildman–Crippen MR) is 85.3 cm³/mol. The lowest BCUT2D eigenvalue weighted by Gasteiger charge is -2.16. The van der Waals surface area contributed by atoms with E-state index in [0.29, 0.717) is 12.1 Å². The Morgan fingerprint density at radius 1 is 1.38 bits per heavy atom. The Morgan fingerprint density at radius 3 is 2.90 bits per heavy atom. The molecule has 0 radical (unpaired) electrons. The van der Waals surface area contributed by atoms with E-state index in [-0.39, 0.29) is 12.5 Å². The normalized spacial score (nSPS) is 9.86. The van der Waals surface area contributed by atoms with Gasteiger partial charge in [-0.1, -0.05) is 29.5 Å². The van der Waals surface area contributed by atoms with Crippen molar-refractivity contribution in [1.82, 2.24) is 4.90 Å². The van der Waals surface area contributed by atoms with Crippen molar-refractivity contribution in [3.8, 4) is 11.8 Å². The second-order valence-electron chi connectivity index (χ2n) is 4.79. The standard InChI is InChI=1S/C17H17NO2S/c1-13-5-3-7-15(9-13)17(20)18(2)11-16-10-14(12-21-16)6-4-8-19/h3,5,7,9-10,12,19H,8,11H2,1-2H3. The van der Waals surface area contributed by atoms with Crippen molar-refractivity contribution in [1.29, 1.82) is 0 Å². The van der Waals surface area contributed by atoms with E-state index in [4.69, 9.17) is 5.11 Å². The van der Waals surface area contributed by atoms with Crippen LogP contribution in [0.1, 0.15) is 26.4 Å². The number of rotatable bonds is 3. The summed E-state index contributed by atoms with van der Waals surface area (Å²) in [4.78, 5) is 15.1. The van der Waals surface area contributed by atoms with Gasteiger partial charge in [-0.3, -0.25) is 4.79 Å². The Hall–Kier alpha value is -2.09. The number of benzene rings is 1. The van der Waals surface area contributed by atoms with Crippen LogP contribution in [0.3, 0.4) is 0 Å². The van der Waals surface area contributed by atoms with E-state index in [1.807, 2.05) is 42.6 Å². The second-order valence-corrected chi connectivity index (χ2v) is 5.79. The van der Waals surface area contributed by atoms with E-state index in [9.17, 15) is 4.79 Å². The smallest absolute Gasteiger partial charge is 0.253 e. The number of aliphatic hydroxyl groups is 1. The van der Waals surface area contributed by atoms with Crippen LogP contribution in [-0.2, 0) is 6.54 Å². The molecule has 0 atom stereocenters. The van der Waals surface area contributed by atoms with Crippen molar-refractivity contribution in [2.75, 3.05) is 13.7 Å². The first-order chi connectivity index (χ1) is 10.1. The molecule has 2 aromatic rings. The van der Waals surface area contributed by atoms with E-state index in [1.54, 1.807) is 23.3 Å². The van der Waals surface area contributed by atoms with Gasteiger partial charge < -0.3 is 10.0 Å². The molecule has 1 aromatic carbocycles. The lowest BCUT2D eigenvalue weighted by molar-refractivity contribution is 0.0786. The maximum atomic E-state index is 12.3. The molecule has 1 heterocycles. The average molecular weight is 299 g/mol. The third-order valence-corrected chi connectivity index (χ3v) is 3.89. The molecule has 0 aliphatic heterocycles. The van der Waals surface area contributed by atoms with Crippen LogP contribution in [0.5, 0.6) is 0 Å². The van der Waals surface area contributed by atoms with Crippen LogP contribution in [0.4, 0.5) is 0 Å². The topological polar surface area (TPSA) is 40.5 Å². The predicted octanol–water partition coefficient (Wildman–Crippen LogP) is 2.67. The average Bonchev–Trinajstić information content (AvgIpc) is 2.91.